The first-order valence-electron chi connectivity index (χ1n) is 18.0. The zero-order chi connectivity index (χ0) is 43.7. The number of benzene rings is 2. The van der Waals surface area contributed by atoms with Crippen LogP contribution >= 0.6 is 0 Å². The lowest BCUT2D eigenvalue weighted by molar-refractivity contribution is -0.140. The highest BCUT2D eigenvalue weighted by atomic mass is 19.4. The summed E-state index contributed by atoms with van der Waals surface area (Å²) >= 11 is 0. The van der Waals surface area contributed by atoms with Gasteiger partial charge in [0.1, 0.15) is 29.8 Å². The van der Waals surface area contributed by atoms with Gasteiger partial charge in [-0.3, -0.25) is 33.6 Å². The Morgan fingerprint density at radius 2 is 1.45 bits per heavy atom. The molecule has 3 heterocycles. The number of aromatic nitrogens is 3. The maximum absolute atomic E-state index is 13.8. The molecule has 60 heavy (non-hydrogen) atoms. The van der Waals surface area contributed by atoms with Crippen molar-refractivity contribution in [1.29, 1.82) is 0 Å². The molecule has 3 aromatic heterocycles. The average Bonchev–Trinajstić information content (AvgIpc) is 3.84. The Balaban J connectivity index is 1.36. The maximum atomic E-state index is 13.8. The van der Waals surface area contributed by atoms with Gasteiger partial charge in [0.2, 0.25) is 29.5 Å². The number of rotatable bonds is 18. The fourth-order valence-corrected chi connectivity index (χ4v) is 6.24. The van der Waals surface area contributed by atoms with Crippen LogP contribution in [0, 0.1) is 0 Å². The summed E-state index contributed by atoms with van der Waals surface area (Å²) in [5.74, 6) is -7.70. The molecular formula is C38H37F3N8O11. The first kappa shape index (κ1) is 43.6. The minimum Gasteiger partial charge on any atom is -0.481 e. The molecule has 0 saturated heterocycles. The Morgan fingerprint density at radius 1 is 0.783 bits per heavy atom. The summed E-state index contributed by atoms with van der Waals surface area (Å²) in [5.41, 5.74) is -1.75. The number of aromatic amines is 2. The van der Waals surface area contributed by atoms with Crippen LogP contribution in [0.25, 0.3) is 21.9 Å². The quantitative estimate of drug-likeness (QED) is 0.0571. The number of anilines is 1. The van der Waals surface area contributed by atoms with E-state index in [1.807, 2.05) is 0 Å². The SMILES string of the molecule is CC(=O)NC(Cc1c[nH]c2ccccc12)C(=O)NC(CCC(=O)O)C(=O)NC(Cc1cnc[nH]1)C(=O)NC(CC(=O)O)C(=O)Nc1ccc2c(C(F)(F)F)cc(=O)oc2c1. The van der Waals surface area contributed by atoms with Crippen molar-refractivity contribution in [2.45, 2.75) is 69.4 Å². The van der Waals surface area contributed by atoms with Crippen molar-refractivity contribution in [3.63, 3.8) is 0 Å². The van der Waals surface area contributed by atoms with Crippen LogP contribution in [0.1, 0.15) is 43.0 Å². The molecule has 5 aromatic rings. The molecule has 0 aliphatic carbocycles. The van der Waals surface area contributed by atoms with E-state index in [2.05, 4.69) is 41.5 Å². The van der Waals surface area contributed by atoms with Crippen LogP contribution < -0.4 is 32.2 Å². The molecular weight excluding hydrogens is 801 g/mol. The number of imidazole rings is 1. The van der Waals surface area contributed by atoms with Crippen molar-refractivity contribution in [2.24, 2.45) is 0 Å². The maximum Gasteiger partial charge on any atom is 0.417 e. The van der Waals surface area contributed by atoms with E-state index in [-0.39, 0.29) is 30.3 Å². The predicted molar refractivity (Wildman–Crippen MR) is 203 cm³/mol. The average molecular weight is 839 g/mol. The largest absolute Gasteiger partial charge is 0.481 e. The number of nitrogens with zero attached hydrogens (tertiary/aromatic N) is 1. The molecule has 19 nitrogen and oxygen atoms in total. The van der Waals surface area contributed by atoms with E-state index >= 15 is 0 Å². The molecule has 9 N–H and O–H groups in total. The fourth-order valence-electron chi connectivity index (χ4n) is 6.24. The number of fused-ring (bicyclic) bond motifs is 2. The van der Waals surface area contributed by atoms with Gasteiger partial charge in [-0.1, -0.05) is 18.2 Å². The number of para-hydroxylation sites is 1. The highest BCUT2D eigenvalue weighted by Crippen LogP contribution is 2.34. The highest BCUT2D eigenvalue weighted by molar-refractivity contribution is 6.01. The van der Waals surface area contributed by atoms with Gasteiger partial charge in [-0.2, -0.15) is 13.2 Å². The second-order valence-corrected chi connectivity index (χ2v) is 13.5. The minimum absolute atomic E-state index is 0.0389. The Kier molecular flexibility index (Phi) is 13.7. The van der Waals surface area contributed by atoms with Crippen molar-refractivity contribution >= 4 is 69.0 Å². The molecule has 0 saturated carbocycles. The summed E-state index contributed by atoms with van der Waals surface area (Å²) < 4.78 is 45.5. The molecule has 5 amide bonds. The zero-order valence-electron chi connectivity index (χ0n) is 31.3. The molecule has 4 atom stereocenters. The van der Waals surface area contributed by atoms with E-state index in [0.717, 1.165) is 29.1 Å². The zero-order valence-corrected chi connectivity index (χ0v) is 31.3. The number of carbonyl (C=O) groups is 7. The van der Waals surface area contributed by atoms with Gasteiger partial charge in [-0.15, -0.1) is 0 Å². The summed E-state index contributed by atoms with van der Waals surface area (Å²) in [5, 5.41) is 31.2. The number of aliphatic carboxylic acids is 2. The number of H-pyrrole nitrogens is 2. The number of carbonyl (C=O) groups excluding carboxylic acids is 5. The number of hydrogen-bond donors (Lipinski definition) is 9. The van der Waals surface area contributed by atoms with Gasteiger partial charge in [-0.05, 0) is 30.2 Å². The number of carboxylic acid groups (broad SMARTS) is 2. The van der Waals surface area contributed by atoms with Crippen LogP contribution in [-0.2, 0) is 52.6 Å². The molecule has 5 rings (SSSR count). The number of alkyl halides is 3. The predicted octanol–water partition coefficient (Wildman–Crippen LogP) is 1.74. The molecule has 0 fully saturated rings. The van der Waals surface area contributed by atoms with E-state index in [1.165, 1.54) is 19.4 Å². The molecule has 0 aliphatic heterocycles. The topological polar surface area (TPSA) is 295 Å². The number of amides is 5. The third kappa shape index (κ3) is 11.5. The van der Waals surface area contributed by atoms with Gasteiger partial charge in [0.05, 0.1) is 18.3 Å². The van der Waals surface area contributed by atoms with E-state index in [0.29, 0.717) is 5.56 Å². The molecule has 0 bridgehead atoms. The Morgan fingerprint density at radius 3 is 2.10 bits per heavy atom. The standard InChI is InChI=1S/C38H37F3N8O11/c1-18(50)45-27(10-19-15-43-25-5-3-2-4-22(19)25)36(58)47-26(8-9-31(51)52)34(56)48-28(11-21-16-42-17-44-21)37(59)49-29(14-32(53)54)35(57)46-20-6-7-23-24(38(39,40)41)13-33(55)60-30(23)12-20/h2-7,12-13,15-17,26-29,43H,8-11,14H2,1H3,(H,42,44)(H,45,50)(H,46,57)(H,47,58)(H,48,56)(H,49,59)(H,51,52)(H,53,54). The monoisotopic (exact) mass is 838 g/mol. The van der Waals surface area contributed by atoms with E-state index < -0.39 is 113 Å². The third-order valence-electron chi connectivity index (χ3n) is 9.01. The number of nitrogens with one attached hydrogen (secondary N) is 7. The molecule has 316 valence electrons. The number of halogens is 3. The molecule has 2 aromatic carbocycles. The number of hydrogen-bond acceptors (Lipinski definition) is 10. The molecule has 0 spiro atoms. The summed E-state index contributed by atoms with van der Waals surface area (Å²) in [4.78, 5) is 112. The van der Waals surface area contributed by atoms with Crippen molar-refractivity contribution in [1.82, 2.24) is 36.2 Å². The summed E-state index contributed by atoms with van der Waals surface area (Å²) in [6.07, 6.45) is -3.25. The van der Waals surface area contributed by atoms with Gasteiger partial charge in [0.15, 0.2) is 0 Å². The van der Waals surface area contributed by atoms with Gasteiger partial charge < -0.3 is 51.2 Å². The summed E-state index contributed by atoms with van der Waals surface area (Å²) in [6.45, 7) is 1.18. The fraction of sp³-hybridized carbons (Fsp3) is 0.289. The van der Waals surface area contributed by atoms with Gasteiger partial charge in [-0.25, -0.2) is 9.78 Å². The van der Waals surface area contributed by atoms with Crippen molar-refractivity contribution in [2.75, 3.05) is 5.32 Å². The van der Waals surface area contributed by atoms with Crippen molar-refractivity contribution in [3.05, 3.63) is 94.5 Å². The van der Waals surface area contributed by atoms with E-state index in [9.17, 15) is 61.7 Å². The Bertz CT molecular complexity index is 2480. The van der Waals surface area contributed by atoms with Gasteiger partial charge >= 0.3 is 23.7 Å². The molecule has 4 unspecified atom stereocenters. The third-order valence-corrected chi connectivity index (χ3v) is 9.01. The smallest absolute Gasteiger partial charge is 0.417 e. The van der Waals surface area contributed by atoms with Crippen LogP contribution in [0.5, 0.6) is 0 Å². The van der Waals surface area contributed by atoms with Crippen LogP contribution in [0.2, 0.25) is 0 Å². The van der Waals surface area contributed by atoms with Crippen LogP contribution in [0.15, 0.2) is 76.5 Å². The van der Waals surface area contributed by atoms with Crippen LogP contribution in [0.3, 0.4) is 0 Å². The molecule has 0 aliphatic rings. The second-order valence-electron chi connectivity index (χ2n) is 13.5. The van der Waals surface area contributed by atoms with Crippen LogP contribution in [0.4, 0.5) is 18.9 Å². The van der Waals surface area contributed by atoms with Crippen molar-refractivity contribution in [3.8, 4) is 0 Å². The van der Waals surface area contributed by atoms with E-state index in [1.54, 1.807) is 30.5 Å². The van der Waals surface area contributed by atoms with Gasteiger partial charge in [0.25, 0.3) is 0 Å². The normalized spacial score (nSPS) is 13.4. The molecule has 22 heteroatoms. The van der Waals surface area contributed by atoms with E-state index in [4.69, 9.17) is 4.42 Å². The first-order valence-corrected chi connectivity index (χ1v) is 18.0. The van der Waals surface area contributed by atoms with Crippen LogP contribution in [-0.4, -0.2) is 90.8 Å². The molecule has 0 radical (unpaired) electrons. The summed E-state index contributed by atoms with van der Waals surface area (Å²) in [7, 11) is 0. The summed E-state index contributed by atoms with van der Waals surface area (Å²) in [6, 6.07) is 3.92. The first-order chi connectivity index (χ1) is 28.4. The second kappa shape index (κ2) is 18.8. The highest BCUT2D eigenvalue weighted by Gasteiger charge is 2.35. The Hall–Kier alpha value is -7.52. The number of carboxylic acids is 2. The Labute approximate surface area is 335 Å². The lowest BCUT2D eigenvalue weighted by atomic mass is 10.0. The van der Waals surface area contributed by atoms with Gasteiger partial charge in [0, 0.05) is 78.4 Å². The lowest BCUT2D eigenvalue weighted by Crippen LogP contribution is -2.58. The van der Waals surface area contributed by atoms with Crippen molar-refractivity contribution < 1.29 is 61.4 Å². The lowest BCUT2D eigenvalue weighted by Gasteiger charge is -2.26. The minimum atomic E-state index is -4.92.